The summed E-state index contributed by atoms with van der Waals surface area (Å²) in [5.74, 6) is 0.866. The maximum absolute atomic E-state index is 4.41. The highest BCUT2D eigenvalue weighted by molar-refractivity contribution is 6.86. The van der Waals surface area contributed by atoms with Crippen LogP contribution in [-0.2, 0) is 11.6 Å². The third-order valence-corrected chi connectivity index (χ3v) is 10.6. The number of imidazole rings is 1. The van der Waals surface area contributed by atoms with Crippen LogP contribution in [0.5, 0.6) is 0 Å². The minimum absolute atomic E-state index is 0.317. The largest absolute Gasteiger partial charge is 0.326 e. The van der Waals surface area contributed by atoms with Crippen LogP contribution in [-0.4, -0.2) is 25.8 Å². The molecule has 4 heteroatoms. The van der Waals surface area contributed by atoms with Gasteiger partial charge in [-0.25, -0.2) is 4.98 Å². The van der Waals surface area contributed by atoms with Gasteiger partial charge >= 0.3 is 0 Å². The first-order valence-electron chi connectivity index (χ1n) is 16.3. The van der Waals surface area contributed by atoms with Crippen molar-refractivity contribution in [3.8, 4) is 0 Å². The number of aromatic nitrogens is 2. The molecular weight excluding hydrogens is 559 g/mol. The average Bonchev–Trinajstić information content (AvgIpc) is 3.79. The molecule has 0 unspecified atom stereocenters. The van der Waals surface area contributed by atoms with Crippen molar-refractivity contribution in [2.45, 2.75) is 50.0 Å². The van der Waals surface area contributed by atoms with Crippen LogP contribution in [0.3, 0.4) is 0 Å². The van der Waals surface area contributed by atoms with Crippen molar-refractivity contribution in [3.63, 3.8) is 0 Å². The van der Waals surface area contributed by atoms with Crippen molar-refractivity contribution in [2.24, 2.45) is 0 Å². The molecular formula is C41H41BN2Si. The molecule has 0 aliphatic heterocycles. The number of aryl methyl sites for hydroxylation is 1. The average molecular weight is 601 g/mol. The lowest BCUT2D eigenvalue weighted by molar-refractivity contribution is 0.596. The molecule has 0 amide bonds. The van der Waals surface area contributed by atoms with Crippen LogP contribution in [0.15, 0.2) is 164 Å². The van der Waals surface area contributed by atoms with Crippen LogP contribution >= 0.6 is 0 Å². The Bertz CT molecular complexity index is 1620. The fraction of sp³-hybridized carbons (Fsp3) is 0.195. The molecule has 1 saturated carbocycles. The van der Waals surface area contributed by atoms with Gasteiger partial charge in [0.25, 0.3) is 0 Å². The van der Waals surface area contributed by atoms with Gasteiger partial charge in [-0.15, -0.1) is 0 Å². The number of benzene rings is 5. The van der Waals surface area contributed by atoms with Crippen molar-refractivity contribution in [2.75, 3.05) is 0 Å². The Labute approximate surface area is 272 Å². The van der Waals surface area contributed by atoms with Gasteiger partial charge in [-0.1, -0.05) is 194 Å². The van der Waals surface area contributed by atoms with Gasteiger partial charge in [-0.2, -0.15) is 0 Å². The molecule has 1 aliphatic carbocycles. The normalized spacial score (nSPS) is 12.6. The molecule has 2 radical (unpaired) electrons. The van der Waals surface area contributed by atoms with Crippen LogP contribution in [0.25, 0.3) is 0 Å². The van der Waals surface area contributed by atoms with Gasteiger partial charge in [-0.3, -0.25) is 0 Å². The molecule has 5 aromatic carbocycles. The number of hydrogen-bond acceptors (Lipinski definition) is 1. The summed E-state index contributed by atoms with van der Waals surface area (Å²) in [6.07, 6.45) is 12.3. The minimum Gasteiger partial charge on any atom is -0.326 e. The number of hydrogen-bond donors (Lipinski definition) is 0. The summed E-state index contributed by atoms with van der Waals surface area (Å²) in [7, 11) is 0.540. The fourth-order valence-corrected chi connectivity index (χ4v) is 8.11. The summed E-state index contributed by atoms with van der Waals surface area (Å²) >= 11 is 0. The Balaban J connectivity index is 0.000000187. The molecule has 2 nitrogen and oxygen atoms in total. The number of nitrogens with zero attached hydrogens (tertiary/aromatic N) is 2. The minimum atomic E-state index is -0.317. The Morgan fingerprint density at radius 2 is 1.27 bits per heavy atom. The second-order valence-corrected chi connectivity index (χ2v) is 13.5. The molecule has 45 heavy (non-hydrogen) atoms. The quantitative estimate of drug-likeness (QED) is 0.141. The SMILES string of the molecule is CCCCc1cccc([Si]C(c2ccccc2)(c2ccccc2)n2ccnc2)c1.c1ccc(B(c2ccccc2)C2CC2)cc1. The summed E-state index contributed by atoms with van der Waals surface area (Å²) in [6, 6.07) is 52.6. The van der Waals surface area contributed by atoms with Crippen molar-refractivity contribution in [1.82, 2.24) is 9.55 Å². The number of unbranched alkanes of at least 4 members (excludes halogenated alkanes) is 1. The van der Waals surface area contributed by atoms with E-state index in [9.17, 15) is 0 Å². The maximum Gasteiger partial charge on any atom is 0.212 e. The summed E-state index contributed by atoms with van der Waals surface area (Å²) in [4.78, 5) is 4.41. The summed E-state index contributed by atoms with van der Waals surface area (Å²) in [6.45, 7) is 2.86. The molecule has 0 spiro atoms. The van der Waals surface area contributed by atoms with Gasteiger partial charge in [0, 0.05) is 12.4 Å². The predicted octanol–water partition coefficient (Wildman–Crippen LogP) is 7.46. The van der Waals surface area contributed by atoms with Crippen molar-refractivity contribution in [1.29, 1.82) is 0 Å². The first kappa shape index (κ1) is 30.6. The molecule has 6 aromatic rings. The monoisotopic (exact) mass is 600 g/mol. The van der Waals surface area contributed by atoms with Crippen molar-refractivity contribution >= 4 is 32.3 Å². The molecule has 1 aromatic heterocycles. The van der Waals surface area contributed by atoms with Crippen molar-refractivity contribution < 1.29 is 0 Å². The van der Waals surface area contributed by atoms with E-state index < -0.39 is 0 Å². The first-order valence-corrected chi connectivity index (χ1v) is 17.3. The van der Waals surface area contributed by atoms with Crippen LogP contribution < -0.4 is 16.1 Å². The molecule has 0 N–H and O–H groups in total. The van der Waals surface area contributed by atoms with E-state index in [2.05, 4.69) is 168 Å². The summed E-state index contributed by atoms with van der Waals surface area (Å²) in [5.41, 5.74) is 6.92. The first-order chi connectivity index (χ1) is 22.3. The highest BCUT2D eigenvalue weighted by atomic mass is 28.2. The smallest absolute Gasteiger partial charge is 0.212 e. The van der Waals surface area contributed by atoms with E-state index in [1.54, 1.807) is 0 Å². The van der Waals surface area contributed by atoms with Crippen molar-refractivity contribution in [3.05, 3.63) is 181 Å². The molecule has 7 rings (SSSR count). The van der Waals surface area contributed by atoms with Gasteiger partial charge in [-0.05, 0) is 29.5 Å². The predicted molar refractivity (Wildman–Crippen MR) is 193 cm³/mol. The van der Waals surface area contributed by atoms with E-state index >= 15 is 0 Å². The molecule has 0 atom stereocenters. The van der Waals surface area contributed by atoms with Crippen LogP contribution in [0.2, 0.25) is 5.82 Å². The van der Waals surface area contributed by atoms with Gasteiger partial charge in [0.05, 0.1) is 11.5 Å². The lowest BCUT2D eigenvalue weighted by atomic mass is 9.37. The number of rotatable bonds is 11. The Hall–Kier alpha value is -4.41. The molecule has 0 saturated heterocycles. The van der Waals surface area contributed by atoms with Gasteiger partial charge in [0.1, 0.15) is 9.52 Å². The molecule has 1 heterocycles. The lowest BCUT2D eigenvalue weighted by Gasteiger charge is -2.36. The van der Waals surface area contributed by atoms with Gasteiger partial charge in [0.2, 0.25) is 6.71 Å². The van der Waals surface area contributed by atoms with E-state index in [0.29, 0.717) is 16.2 Å². The lowest BCUT2D eigenvalue weighted by Crippen LogP contribution is -2.46. The van der Waals surface area contributed by atoms with Crippen LogP contribution in [0.1, 0.15) is 49.3 Å². The molecule has 222 valence electrons. The maximum atomic E-state index is 4.41. The summed E-state index contributed by atoms with van der Waals surface area (Å²) < 4.78 is 2.27. The Kier molecular flexibility index (Phi) is 10.2. The molecule has 0 bridgehead atoms. The van der Waals surface area contributed by atoms with E-state index in [-0.39, 0.29) is 5.16 Å². The van der Waals surface area contributed by atoms with Crippen LogP contribution in [0, 0.1) is 0 Å². The second-order valence-electron chi connectivity index (χ2n) is 12.0. The van der Waals surface area contributed by atoms with Gasteiger partial charge < -0.3 is 4.57 Å². The van der Waals surface area contributed by atoms with Crippen LogP contribution in [0.4, 0.5) is 0 Å². The Morgan fingerprint density at radius 3 is 1.76 bits per heavy atom. The van der Waals surface area contributed by atoms with E-state index in [1.165, 1.54) is 58.5 Å². The highest BCUT2D eigenvalue weighted by Crippen LogP contribution is 2.38. The Morgan fingerprint density at radius 1 is 0.711 bits per heavy atom. The third-order valence-electron chi connectivity index (χ3n) is 8.76. The highest BCUT2D eigenvalue weighted by Gasteiger charge is 2.37. The zero-order chi connectivity index (χ0) is 30.7. The fourth-order valence-electron chi connectivity index (χ4n) is 6.37. The zero-order valence-corrected chi connectivity index (χ0v) is 27.2. The standard InChI is InChI=1S/C26H26N2Si.C15H15B/c1-2-3-11-22-12-10-17-25(20-22)29-26(28-19-18-27-21-28,23-13-6-4-7-14-23)24-15-8-5-9-16-24;1-3-7-13(8-4-1)16(15-11-12-15)14-9-5-2-6-10-14/h4-10,12-21H,2-3,11H2,1H3;1-10,15H,11-12H2. The van der Waals surface area contributed by atoms with Gasteiger partial charge in [0.15, 0.2) is 0 Å². The molecule has 1 fully saturated rings. The van der Waals surface area contributed by atoms with E-state index in [0.717, 1.165) is 12.2 Å². The summed E-state index contributed by atoms with van der Waals surface area (Å²) in [5, 5.41) is 1.06. The topological polar surface area (TPSA) is 17.8 Å². The zero-order valence-electron chi connectivity index (χ0n) is 26.2. The van der Waals surface area contributed by atoms with E-state index in [1.807, 2.05) is 12.5 Å². The van der Waals surface area contributed by atoms with E-state index in [4.69, 9.17) is 0 Å². The molecule has 1 aliphatic rings. The second kappa shape index (κ2) is 15.1. The third kappa shape index (κ3) is 7.46.